The number of rotatable bonds is 7. The quantitative estimate of drug-likeness (QED) is 0.696. The highest BCUT2D eigenvalue weighted by Crippen LogP contribution is 2.22. The summed E-state index contributed by atoms with van der Waals surface area (Å²) in [7, 11) is 1.40. The Balaban J connectivity index is 2.77. The van der Waals surface area contributed by atoms with Crippen LogP contribution >= 0.6 is 0 Å². The van der Waals surface area contributed by atoms with Gasteiger partial charge in [0.15, 0.2) is 0 Å². The summed E-state index contributed by atoms with van der Waals surface area (Å²) < 4.78 is 10.7. The van der Waals surface area contributed by atoms with Gasteiger partial charge in [-0.3, -0.25) is 4.79 Å². The number of carbonyl (C=O) groups is 1. The third-order valence-corrected chi connectivity index (χ3v) is 2.89. The predicted octanol–water partition coefficient (Wildman–Crippen LogP) is 3.36. The van der Waals surface area contributed by atoms with Crippen molar-refractivity contribution in [3.8, 4) is 5.75 Å². The first-order valence-electron chi connectivity index (χ1n) is 6.52. The molecule has 0 bridgehead atoms. The normalized spacial score (nSPS) is 11.9. The fourth-order valence-corrected chi connectivity index (χ4v) is 1.84. The molecular formula is C15H22O3. The van der Waals surface area contributed by atoms with Gasteiger partial charge in [0.05, 0.1) is 19.6 Å². The van der Waals surface area contributed by atoms with Crippen LogP contribution in [0, 0.1) is 0 Å². The molecule has 0 saturated heterocycles. The maximum atomic E-state index is 11.3. The van der Waals surface area contributed by atoms with E-state index < -0.39 is 0 Å². The third kappa shape index (κ3) is 4.40. The van der Waals surface area contributed by atoms with Gasteiger partial charge in [0.2, 0.25) is 0 Å². The molecule has 0 spiro atoms. The number of methoxy groups -OCH3 is 1. The minimum absolute atomic E-state index is 0.216. The smallest absolute Gasteiger partial charge is 0.310 e. The molecule has 0 saturated carbocycles. The molecule has 1 rings (SSSR count). The predicted molar refractivity (Wildman–Crippen MR) is 71.8 cm³/mol. The van der Waals surface area contributed by atoms with Gasteiger partial charge in [0.25, 0.3) is 0 Å². The Morgan fingerprint density at radius 2 is 2.00 bits per heavy atom. The molecule has 0 aliphatic carbocycles. The van der Waals surface area contributed by atoms with E-state index >= 15 is 0 Å². The minimum atomic E-state index is -0.241. The molecule has 1 aromatic rings. The van der Waals surface area contributed by atoms with Crippen molar-refractivity contribution < 1.29 is 14.3 Å². The maximum absolute atomic E-state index is 11.3. The fraction of sp³-hybridized carbons (Fsp3) is 0.533. The molecule has 0 heterocycles. The van der Waals surface area contributed by atoms with E-state index in [0.29, 0.717) is 0 Å². The van der Waals surface area contributed by atoms with E-state index in [0.717, 1.165) is 30.6 Å². The second-order valence-electron chi connectivity index (χ2n) is 4.30. The lowest BCUT2D eigenvalue weighted by Gasteiger charge is -2.19. The molecule has 0 aliphatic heterocycles. The van der Waals surface area contributed by atoms with Gasteiger partial charge in [0.1, 0.15) is 5.75 Å². The number of para-hydroxylation sites is 1. The van der Waals surface area contributed by atoms with E-state index in [4.69, 9.17) is 9.47 Å². The summed E-state index contributed by atoms with van der Waals surface area (Å²) in [4.78, 5) is 11.3. The summed E-state index contributed by atoms with van der Waals surface area (Å²) in [5.41, 5.74) is 0.888. The van der Waals surface area contributed by atoms with Crippen molar-refractivity contribution >= 4 is 5.97 Å². The van der Waals surface area contributed by atoms with Gasteiger partial charge in [-0.05, 0) is 18.9 Å². The van der Waals surface area contributed by atoms with Gasteiger partial charge in [-0.2, -0.15) is 0 Å². The van der Waals surface area contributed by atoms with Crippen LogP contribution in [0.2, 0.25) is 0 Å². The lowest BCUT2D eigenvalue weighted by molar-refractivity contribution is -0.139. The molecule has 0 N–H and O–H groups in total. The van der Waals surface area contributed by atoms with Crippen LogP contribution in [0.3, 0.4) is 0 Å². The summed E-state index contributed by atoms with van der Waals surface area (Å²) in [5, 5.41) is 0. The van der Waals surface area contributed by atoms with Crippen LogP contribution in [-0.4, -0.2) is 19.2 Å². The Labute approximate surface area is 109 Å². The molecular weight excluding hydrogens is 228 g/mol. The number of carbonyl (C=O) groups excluding carboxylic acids is 1. The van der Waals surface area contributed by atoms with E-state index in [1.165, 1.54) is 7.11 Å². The van der Waals surface area contributed by atoms with Crippen LogP contribution in [0.15, 0.2) is 24.3 Å². The van der Waals surface area contributed by atoms with Gasteiger partial charge in [0, 0.05) is 5.56 Å². The summed E-state index contributed by atoms with van der Waals surface area (Å²) >= 11 is 0. The summed E-state index contributed by atoms with van der Waals surface area (Å²) in [6.45, 7) is 4.26. The first-order valence-corrected chi connectivity index (χ1v) is 6.52. The van der Waals surface area contributed by atoms with Crippen LogP contribution in [0.25, 0.3) is 0 Å². The molecule has 3 heteroatoms. The van der Waals surface area contributed by atoms with E-state index in [1.54, 1.807) is 0 Å². The fourth-order valence-electron chi connectivity index (χ4n) is 1.84. The van der Waals surface area contributed by atoms with Gasteiger partial charge in [-0.1, -0.05) is 38.5 Å². The standard InChI is InChI=1S/C15H22O3/c1-4-8-13(5-2)18-14-10-7-6-9-12(14)11-15(16)17-3/h6-7,9-10,13H,4-5,8,11H2,1-3H3. The Hall–Kier alpha value is -1.51. The van der Waals surface area contributed by atoms with Crippen molar-refractivity contribution in [2.24, 2.45) is 0 Å². The van der Waals surface area contributed by atoms with E-state index in [2.05, 4.69) is 13.8 Å². The van der Waals surface area contributed by atoms with Crippen molar-refractivity contribution in [2.45, 2.75) is 45.6 Å². The number of esters is 1. The van der Waals surface area contributed by atoms with E-state index in [-0.39, 0.29) is 18.5 Å². The van der Waals surface area contributed by atoms with Gasteiger partial charge in [-0.15, -0.1) is 0 Å². The Morgan fingerprint density at radius 1 is 1.28 bits per heavy atom. The molecule has 0 aromatic heterocycles. The maximum Gasteiger partial charge on any atom is 0.310 e. The average Bonchev–Trinajstić information content (AvgIpc) is 2.40. The second-order valence-corrected chi connectivity index (χ2v) is 4.30. The minimum Gasteiger partial charge on any atom is -0.490 e. The number of benzene rings is 1. The van der Waals surface area contributed by atoms with Gasteiger partial charge < -0.3 is 9.47 Å². The van der Waals surface area contributed by atoms with Crippen LogP contribution in [0.4, 0.5) is 0 Å². The average molecular weight is 250 g/mol. The topological polar surface area (TPSA) is 35.5 Å². The third-order valence-electron chi connectivity index (χ3n) is 2.89. The van der Waals surface area contributed by atoms with Crippen molar-refractivity contribution in [1.29, 1.82) is 0 Å². The summed E-state index contributed by atoms with van der Waals surface area (Å²) in [6, 6.07) is 7.65. The zero-order valence-electron chi connectivity index (χ0n) is 11.4. The Bertz CT molecular complexity index is 374. The lowest BCUT2D eigenvalue weighted by atomic mass is 10.1. The molecule has 3 nitrogen and oxygen atoms in total. The number of ether oxygens (including phenoxy) is 2. The Kier molecular flexibility index (Phi) is 6.26. The molecule has 1 aromatic carbocycles. The molecule has 1 unspecified atom stereocenters. The molecule has 0 radical (unpaired) electrons. The van der Waals surface area contributed by atoms with Crippen molar-refractivity contribution in [3.05, 3.63) is 29.8 Å². The lowest BCUT2D eigenvalue weighted by Crippen LogP contribution is -2.16. The van der Waals surface area contributed by atoms with Crippen LogP contribution in [-0.2, 0) is 16.0 Å². The molecule has 100 valence electrons. The summed E-state index contributed by atoms with van der Waals surface area (Å²) in [5.74, 6) is 0.554. The van der Waals surface area contributed by atoms with Crippen molar-refractivity contribution in [2.75, 3.05) is 7.11 Å². The van der Waals surface area contributed by atoms with Crippen LogP contribution in [0.1, 0.15) is 38.7 Å². The second kappa shape index (κ2) is 7.75. The molecule has 18 heavy (non-hydrogen) atoms. The first kappa shape index (κ1) is 14.6. The largest absolute Gasteiger partial charge is 0.490 e. The first-order chi connectivity index (χ1) is 8.71. The van der Waals surface area contributed by atoms with Crippen molar-refractivity contribution in [1.82, 2.24) is 0 Å². The monoisotopic (exact) mass is 250 g/mol. The highest BCUT2D eigenvalue weighted by atomic mass is 16.5. The summed E-state index contributed by atoms with van der Waals surface area (Å²) in [6.07, 6.45) is 3.57. The number of hydrogen-bond donors (Lipinski definition) is 0. The van der Waals surface area contributed by atoms with Crippen LogP contribution in [0.5, 0.6) is 5.75 Å². The number of hydrogen-bond acceptors (Lipinski definition) is 3. The highest BCUT2D eigenvalue weighted by molar-refractivity contribution is 5.73. The van der Waals surface area contributed by atoms with E-state index in [1.807, 2.05) is 24.3 Å². The zero-order valence-corrected chi connectivity index (χ0v) is 11.4. The zero-order chi connectivity index (χ0) is 13.4. The molecule has 1 atom stereocenters. The SMILES string of the molecule is CCCC(CC)Oc1ccccc1CC(=O)OC. The van der Waals surface area contributed by atoms with Crippen LogP contribution < -0.4 is 4.74 Å². The Morgan fingerprint density at radius 3 is 2.61 bits per heavy atom. The van der Waals surface area contributed by atoms with E-state index in [9.17, 15) is 4.79 Å². The molecule has 0 amide bonds. The molecule has 0 aliphatic rings. The van der Waals surface area contributed by atoms with Gasteiger partial charge >= 0.3 is 5.97 Å². The highest BCUT2D eigenvalue weighted by Gasteiger charge is 2.12. The van der Waals surface area contributed by atoms with Crippen molar-refractivity contribution in [3.63, 3.8) is 0 Å². The molecule has 0 fully saturated rings. The van der Waals surface area contributed by atoms with Gasteiger partial charge in [-0.25, -0.2) is 0 Å².